The third-order valence-corrected chi connectivity index (χ3v) is 2.54. The van der Waals surface area contributed by atoms with Gasteiger partial charge < -0.3 is 4.98 Å². The molecular weight excluding hydrogens is 294 g/mol. The number of non-ortho nitro benzene ring substituents is 1. The van der Waals surface area contributed by atoms with Gasteiger partial charge in [0, 0.05) is 11.1 Å². The Morgan fingerprint density at radius 1 is 1.42 bits per heavy atom. The van der Waals surface area contributed by atoms with Gasteiger partial charge in [0.05, 0.1) is 10.4 Å². The molecular formula is C9H4ClF4N3O2. The van der Waals surface area contributed by atoms with Crippen molar-refractivity contribution in [2.24, 2.45) is 0 Å². The molecule has 0 aliphatic carbocycles. The molecule has 0 unspecified atom stereocenters. The summed E-state index contributed by atoms with van der Waals surface area (Å²) in [6.45, 7) is 0. The largest absolute Gasteiger partial charge is 0.363 e. The summed E-state index contributed by atoms with van der Waals surface area (Å²) in [5.41, 5.74) is -1.31. The lowest BCUT2D eigenvalue weighted by atomic mass is 10.3. The maximum absolute atomic E-state index is 13.1. The Morgan fingerprint density at radius 2 is 2.05 bits per heavy atom. The molecule has 2 rings (SSSR count). The van der Waals surface area contributed by atoms with E-state index in [1.54, 1.807) is 0 Å². The van der Waals surface area contributed by atoms with Gasteiger partial charge in [0.15, 0.2) is 11.3 Å². The van der Waals surface area contributed by atoms with E-state index in [2.05, 4.69) is 4.98 Å². The first-order chi connectivity index (χ1) is 8.73. The number of aromatic nitrogens is 2. The van der Waals surface area contributed by atoms with Gasteiger partial charge in [-0.2, -0.15) is 8.78 Å². The summed E-state index contributed by atoms with van der Waals surface area (Å²) in [5.74, 6) is -5.87. The van der Waals surface area contributed by atoms with Crippen LogP contribution in [0.25, 0.3) is 11.0 Å². The Balaban J connectivity index is 2.70. The van der Waals surface area contributed by atoms with E-state index in [1.165, 1.54) is 0 Å². The van der Waals surface area contributed by atoms with Crippen LogP contribution in [0, 0.1) is 10.1 Å². The number of imidazole rings is 1. The smallest absolute Gasteiger partial charge is 0.336 e. The highest BCUT2D eigenvalue weighted by atomic mass is 35.5. The van der Waals surface area contributed by atoms with Crippen LogP contribution in [0.5, 0.6) is 0 Å². The summed E-state index contributed by atoms with van der Waals surface area (Å²) in [4.78, 5) is 14.9. The number of rotatable bonds is 3. The summed E-state index contributed by atoms with van der Waals surface area (Å²) in [7, 11) is 0. The molecule has 0 bridgehead atoms. The highest BCUT2D eigenvalue weighted by Gasteiger charge is 2.46. The number of hydrogen-bond acceptors (Lipinski definition) is 3. The monoisotopic (exact) mass is 297 g/mol. The SMILES string of the molecule is O=[N+]([O-])c1cc(Cl)cc2[nH]c(C(F)(F)C(F)F)nc12. The number of nitrogens with zero attached hydrogens (tertiary/aromatic N) is 2. The van der Waals surface area contributed by atoms with E-state index in [9.17, 15) is 27.7 Å². The highest BCUT2D eigenvalue weighted by Crippen LogP contribution is 2.36. The van der Waals surface area contributed by atoms with Crippen LogP contribution in [0.2, 0.25) is 5.02 Å². The minimum absolute atomic E-state index is 0.102. The molecule has 0 atom stereocenters. The van der Waals surface area contributed by atoms with Crippen LogP contribution in [0.3, 0.4) is 0 Å². The van der Waals surface area contributed by atoms with Crippen molar-refractivity contribution in [3.05, 3.63) is 33.1 Å². The molecule has 1 aromatic heterocycles. The third kappa shape index (κ3) is 2.21. The van der Waals surface area contributed by atoms with Crippen molar-refractivity contribution in [3.63, 3.8) is 0 Å². The van der Waals surface area contributed by atoms with Crippen LogP contribution < -0.4 is 0 Å². The number of nitro benzene ring substituents is 1. The first-order valence-electron chi connectivity index (χ1n) is 4.73. The maximum Gasteiger partial charge on any atom is 0.363 e. The summed E-state index contributed by atoms with van der Waals surface area (Å²) in [5, 5.41) is 10.6. The molecule has 2 aromatic rings. The van der Waals surface area contributed by atoms with Crippen molar-refractivity contribution in [1.29, 1.82) is 0 Å². The molecule has 0 aliphatic heterocycles. The number of benzene rings is 1. The second-order valence-corrected chi connectivity index (χ2v) is 4.02. The van der Waals surface area contributed by atoms with Crippen molar-refractivity contribution in [2.45, 2.75) is 12.3 Å². The molecule has 0 saturated carbocycles. The molecule has 0 saturated heterocycles. The van der Waals surface area contributed by atoms with Gasteiger partial charge in [0.25, 0.3) is 5.69 Å². The summed E-state index contributed by atoms with van der Waals surface area (Å²) in [6.07, 6.45) is -3.98. The van der Waals surface area contributed by atoms with Crippen LogP contribution in [-0.4, -0.2) is 21.3 Å². The van der Waals surface area contributed by atoms with Gasteiger partial charge in [0.1, 0.15) is 0 Å². The molecule has 1 heterocycles. The Kier molecular flexibility index (Phi) is 3.09. The highest BCUT2D eigenvalue weighted by molar-refractivity contribution is 6.31. The van der Waals surface area contributed by atoms with Crippen molar-refractivity contribution in [1.82, 2.24) is 9.97 Å². The molecule has 102 valence electrons. The second kappa shape index (κ2) is 4.34. The molecule has 10 heteroatoms. The quantitative estimate of drug-likeness (QED) is 0.535. The fraction of sp³-hybridized carbons (Fsp3) is 0.222. The molecule has 1 N–H and O–H groups in total. The van der Waals surface area contributed by atoms with E-state index in [4.69, 9.17) is 11.6 Å². The van der Waals surface area contributed by atoms with E-state index < -0.39 is 34.3 Å². The Morgan fingerprint density at radius 3 is 2.58 bits per heavy atom. The van der Waals surface area contributed by atoms with Gasteiger partial charge in [-0.25, -0.2) is 13.8 Å². The van der Waals surface area contributed by atoms with Crippen LogP contribution in [0.4, 0.5) is 23.2 Å². The van der Waals surface area contributed by atoms with E-state index in [-0.39, 0.29) is 10.5 Å². The minimum atomic E-state index is -4.53. The van der Waals surface area contributed by atoms with Gasteiger partial charge in [-0.1, -0.05) is 11.6 Å². The van der Waals surface area contributed by atoms with Gasteiger partial charge >= 0.3 is 12.3 Å². The lowest BCUT2D eigenvalue weighted by Crippen LogP contribution is -2.25. The maximum atomic E-state index is 13.1. The molecule has 19 heavy (non-hydrogen) atoms. The lowest BCUT2D eigenvalue weighted by molar-refractivity contribution is -0.383. The normalized spacial score (nSPS) is 12.3. The molecule has 0 aliphatic rings. The van der Waals surface area contributed by atoms with Crippen molar-refractivity contribution in [3.8, 4) is 0 Å². The Labute approximate surface area is 107 Å². The summed E-state index contributed by atoms with van der Waals surface area (Å²) >= 11 is 5.57. The topological polar surface area (TPSA) is 71.8 Å². The number of hydrogen-bond donors (Lipinski definition) is 1. The van der Waals surface area contributed by atoms with Crippen molar-refractivity contribution < 1.29 is 22.5 Å². The molecule has 0 spiro atoms. The number of fused-ring (bicyclic) bond motifs is 1. The Hall–Kier alpha value is -1.90. The molecule has 5 nitrogen and oxygen atoms in total. The molecule has 1 aromatic carbocycles. The number of aromatic amines is 1. The van der Waals surface area contributed by atoms with Crippen LogP contribution in [0.15, 0.2) is 12.1 Å². The molecule has 0 radical (unpaired) electrons. The van der Waals surface area contributed by atoms with Gasteiger partial charge in [-0.05, 0) is 6.07 Å². The van der Waals surface area contributed by atoms with Gasteiger partial charge in [-0.3, -0.25) is 10.1 Å². The molecule has 0 amide bonds. The number of halogens is 5. The van der Waals surface area contributed by atoms with E-state index in [1.807, 2.05) is 4.98 Å². The number of H-pyrrole nitrogens is 1. The zero-order valence-corrected chi connectivity index (χ0v) is 9.59. The number of alkyl halides is 4. The van der Waals surface area contributed by atoms with Gasteiger partial charge in [0.2, 0.25) is 0 Å². The fourth-order valence-electron chi connectivity index (χ4n) is 1.47. The first-order valence-corrected chi connectivity index (χ1v) is 5.11. The van der Waals surface area contributed by atoms with Crippen LogP contribution >= 0.6 is 11.6 Å². The number of nitro groups is 1. The van der Waals surface area contributed by atoms with E-state index >= 15 is 0 Å². The predicted molar refractivity (Wildman–Crippen MR) is 57.7 cm³/mol. The second-order valence-electron chi connectivity index (χ2n) is 3.59. The average molecular weight is 298 g/mol. The third-order valence-electron chi connectivity index (χ3n) is 2.32. The van der Waals surface area contributed by atoms with Crippen LogP contribution in [-0.2, 0) is 5.92 Å². The van der Waals surface area contributed by atoms with Crippen molar-refractivity contribution in [2.75, 3.05) is 0 Å². The molecule has 0 fully saturated rings. The first kappa shape index (κ1) is 13.5. The average Bonchev–Trinajstić information content (AvgIpc) is 2.71. The van der Waals surface area contributed by atoms with E-state index in [0.717, 1.165) is 12.1 Å². The van der Waals surface area contributed by atoms with Gasteiger partial charge in [-0.15, -0.1) is 0 Å². The minimum Gasteiger partial charge on any atom is -0.336 e. The zero-order valence-electron chi connectivity index (χ0n) is 8.83. The van der Waals surface area contributed by atoms with E-state index in [0.29, 0.717) is 0 Å². The summed E-state index contributed by atoms with van der Waals surface area (Å²) in [6, 6.07) is 1.98. The zero-order chi connectivity index (χ0) is 14.4. The summed E-state index contributed by atoms with van der Waals surface area (Å²) < 4.78 is 50.6. The standard InChI is InChI=1S/C9H4ClF4N3O2/c10-3-1-4-6(5(2-3)17(18)19)16-8(15-4)9(13,14)7(11)12/h1-2,7H,(H,15,16). The Bertz CT molecular complexity index is 658. The number of nitrogens with one attached hydrogen (secondary N) is 1. The fourth-order valence-corrected chi connectivity index (χ4v) is 1.68. The van der Waals surface area contributed by atoms with Crippen molar-refractivity contribution >= 4 is 28.3 Å². The predicted octanol–water partition coefficient (Wildman–Crippen LogP) is 3.48. The lowest BCUT2D eigenvalue weighted by Gasteiger charge is -2.11. The van der Waals surface area contributed by atoms with Crippen LogP contribution in [0.1, 0.15) is 5.82 Å².